The van der Waals surface area contributed by atoms with E-state index in [0.29, 0.717) is 40.1 Å². The average Bonchev–Trinajstić information content (AvgIpc) is 3.31. The van der Waals surface area contributed by atoms with Crippen molar-refractivity contribution in [1.82, 2.24) is 24.7 Å². The molecule has 1 aromatic carbocycles. The lowest BCUT2D eigenvalue weighted by atomic mass is 9.71. The maximum absolute atomic E-state index is 13.1. The molecule has 13 heteroatoms. The number of carbonyl (C=O) groups excluding carboxylic acids is 1. The summed E-state index contributed by atoms with van der Waals surface area (Å²) in [4.78, 5) is 37.4. The first-order valence-electron chi connectivity index (χ1n) is 14.1. The van der Waals surface area contributed by atoms with Crippen molar-refractivity contribution < 1.29 is 9.90 Å². The number of carbonyl (C=O) groups is 1. The third-order valence-corrected chi connectivity index (χ3v) is 10.5. The normalized spacial score (nSPS) is 19.8. The molecule has 216 valence electrons. The number of anilines is 3. The number of halogens is 1. The van der Waals surface area contributed by atoms with Crippen LogP contribution in [0, 0.1) is 11.3 Å². The van der Waals surface area contributed by atoms with Crippen molar-refractivity contribution in [3.8, 4) is 5.88 Å². The SMILES string of the molecule is C[C@@H]1CCCC12CCN(c1nnc(Sc3cccc(NC(=O)c4c(O)nc5n(c4=O)CCCC5)c3Cl)c(N)n1)CC2. The second kappa shape index (κ2) is 11.1. The van der Waals surface area contributed by atoms with Crippen molar-refractivity contribution in [3.05, 3.63) is 45.0 Å². The molecule has 1 saturated heterocycles. The second-order valence-electron chi connectivity index (χ2n) is 11.3. The number of aromatic hydroxyl groups is 1. The molecule has 41 heavy (non-hydrogen) atoms. The van der Waals surface area contributed by atoms with Crippen LogP contribution in [-0.4, -0.2) is 48.8 Å². The van der Waals surface area contributed by atoms with Gasteiger partial charge < -0.3 is 21.1 Å². The summed E-state index contributed by atoms with van der Waals surface area (Å²) in [5.74, 6) is 0.656. The van der Waals surface area contributed by atoms with E-state index in [2.05, 4.69) is 37.3 Å². The quantitative estimate of drug-likeness (QED) is 0.383. The maximum atomic E-state index is 13.1. The molecule has 2 aromatic heterocycles. The highest BCUT2D eigenvalue weighted by atomic mass is 35.5. The van der Waals surface area contributed by atoms with Gasteiger partial charge in [-0.2, -0.15) is 9.97 Å². The number of fused-ring (bicyclic) bond motifs is 1. The molecule has 1 saturated carbocycles. The van der Waals surface area contributed by atoms with Crippen LogP contribution in [0.1, 0.15) is 68.1 Å². The monoisotopic (exact) mass is 596 g/mol. The van der Waals surface area contributed by atoms with Crippen molar-refractivity contribution in [3.63, 3.8) is 0 Å². The van der Waals surface area contributed by atoms with Crippen molar-refractivity contribution in [2.75, 3.05) is 29.0 Å². The number of nitrogens with zero attached hydrogens (tertiary/aromatic N) is 6. The topological polar surface area (TPSA) is 152 Å². The third-order valence-electron chi connectivity index (χ3n) is 8.98. The molecule has 3 aromatic rings. The van der Waals surface area contributed by atoms with Gasteiger partial charge in [0.1, 0.15) is 5.82 Å². The summed E-state index contributed by atoms with van der Waals surface area (Å²) in [5.41, 5.74) is 6.04. The summed E-state index contributed by atoms with van der Waals surface area (Å²) in [6.07, 6.45) is 8.47. The van der Waals surface area contributed by atoms with Crippen LogP contribution < -0.4 is 21.5 Å². The molecule has 6 rings (SSSR count). The average molecular weight is 597 g/mol. The number of nitrogens with one attached hydrogen (secondary N) is 1. The number of hydrogen-bond acceptors (Lipinski definition) is 10. The van der Waals surface area contributed by atoms with E-state index in [0.717, 1.165) is 44.7 Å². The first kappa shape index (κ1) is 27.8. The predicted molar refractivity (Wildman–Crippen MR) is 158 cm³/mol. The molecule has 3 aliphatic rings. The van der Waals surface area contributed by atoms with Gasteiger partial charge in [0, 0.05) is 31.0 Å². The largest absolute Gasteiger partial charge is 0.493 e. The first-order valence-corrected chi connectivity index (χ1v) is 15.3. The highest BCUT2D eigenvalue weighted by Gasteiger charge is 2.42. The van der Waals surface area contributed by atoms with Gasteiger partial charge in [0.15, 0.2) is 16.4 Å². The maximum Gasteiger partial charge on any atom is 0.270 e. The number of nitrogen functional groups attached to an aromatic ring is 1. The van der Waals surface area contributed by atoms with Crippen molar-refractivity contribution in [2.24, 2.45) is 11.3 Å². The number of aryl methyl sites for hydroxylation is 1. The Morgan fingerprint density at radius 1 is 1.15 bits per heavy atom. The molecule has 2 fully saturated rings. The van der Waals surface area contributed by atoms with Crippen LogP contribution in [0.25, 0.3) is 0 Å². The number of nitrogens with two attached hydrogens (primary N) is 1. The van der Waals surface area contributed by atoms with E-state index in [1.165, 1.54) is 35.6 Å². The van der Waals surface area contributed by atoms with E-state index in [-0.39, 0.29) is 16.5 Å². The van der Waals surface area contributed by atoms with E-state index in [1.54, 1.807) is 18.2 Å². The highest BCUT2D eigenvalue weighted by Crippen LogP contribution is 2.50. The van der Waals surface area contributed by atoms with E-state index in [9.17, 15) is 14.7 Å². The fraction of sp³-hybridized carbons (Fsp3) is 0.500. The summed E-state index contributed by atoms with van der Waals surface area (Å²) >= 11 is 7.83. The predicted octanol–water partition coefficient (Wildman–Crippen LogP) is 4.52. The molecule has 11 nitrogen and oxygen atoms in total. The van der Waals surface area contributed by atoms with Gasteiger partial charge in [-0.05, 0) is 55.6 Å². The van der Waals surface area contributed by atoms with E-state index >= 15 is 0 Å². The Labute approximate surface area is 246 Å². The van der Waals surface area contributed by atoms with Crippen LogP contribution in [0.2, 0.25) is 5.02 Å². The number of benzene rings is 1. The van der Waals surface area contributed by atoms with Crippen LogP contribution in [0.3, 0.4) is 0 Å². The fourth-order valence-electron chi connectivity index (χ4n) is 6.47. The fourth-order valence-corrected chi connectivity index (χ4v) is 7.54. The number of rotatable bonds is 5. The third kappa shape index (κ3) is 5.23. The van der Waals surface area contributed by atoms with E-state index in [4.69, 9.17) is 17.3 Å². The van der Waals surface area contributed by atoms with Crippen molar-refractivity contribution in [2.45, 2.75) is 74.8 Å². The van der Waals surface area contributed by atoms with Gasteiger partial charge in [0.25, 0.3) is 11.5 Å². The van der Waals surface area contributed by atoms with Gasteiger partial charge in [0.05, 0.1) is 10.7 Å². The Morgan fingerprint density at radius 2 is 1.95 bits per heavy atom. The second-order valence-corrected chi connectivity index (χ2v) is 12.7. The Bertz CT molecular complexity index is 1560. The molecule has 0 unspecified atom stereocenters. The Morgan fingerprint density at radius 3 is 2.68 bits per heavy atom. The molecular weight excluding hydrogens is 564 g/mol. The number of amides is 1. The molecule has 4 heterocycles. The molecule has 1 aliphatic carbocycles. The molecule has 1 spiro atoms. The van der Waals surface area contributed by atoms with Gasteiger partial charge in [-0.3, -0.25) is 14.2 Å². The Hall–Kier alpha value is -3.38. The van der Waals surface area contributed by atoms with Gasteiger partial charge >= 0.3 is 0 Å². The van der Waals surface area contributed by atoms with E-state index < -0.39 is 22.9 Å². The van der Waals surface area contributed by atoms with E-state index in [1.807, 2.05) is 0 Å². The Balaban J connectivity index is 1.16. The molecular formula is C28H33ClN8O3S. The van der Waals surface area contributed by atoms with Gasteiger partial charge in [0.2, 0.25) is 11.8 Å². The van der Waals surface area contributed by atoms with Crippen LogP contribution in [-0.2, 0) is 13.0 Å². The summed E-state index contributed by atoms with van der Waals surface area (Å²) in [7, 11) is 0. The lowest BCUT2D eigenvalue weighted by Crippen LogP contribution is -2.42. The summed E-state index contributed by atoms with van der Waals surface area (Å²) in [6.45, 7) is 4.63. The minimum atomic E-state index is -0.787. The number of hydrogen-bond donors (Lipinski definition) is 3. The van der Waals surface area contributed by atoms with Gasteiger partial charge in [-0.25, -0.2) is 0 Å². The van der Waals surface area contributed by atoms with Crippen LogP contribution >= 0.6 is 23.4 Å². The van der Waals surface area contributed by atoms with Crippen molar-refractivity contribution >= 4 is 46.7 Å². The molecule has 2 aliphatic heterocycles. The molecule has 0 bridgehead atoms. The first-order chi connectivity index (χ1) is 19.8. The lowest BCUT2D eigenvalue weighted by Gasteiger charge is -2.42. The van der Waals surface area contributed by atoms with Crippen LogP contribution in [0.4, 0.5) is 17.5 Å². The highest BCUT2D eigenvalue weighted by molar-refractivity contribution is 7.99. The molecule has 1 amide bonds. The van der Waals surface area contributed by atoms with Crippen LogP contribution in [0.15, 0.2) is 32.9 Å². The molecule has 4 N–H and O–H groups in total. The number of aromatic nitrogens is 5. The summed E-state index contributed by atoms with van der Waals surface area (Å²) in [6, 6.07) is 5.08. The molecule has 0 radical (unpaired) electrons. The lowest BCUT2D eigenvalue weighted by molar-refractivity contribution is 0.102. The smallest absolute Gasteiger partial charge is 0.270 e. The van der Waals surface area contributed by atoms with Gasteiger partial charge in [-0.1, -0.05) is 49.2 Å². The van der Waals surface area contributed by atoms with Crippen LogP contribution in [0.5, 0.6) is 5.88 Å². The minimum Gasteiger partial charge on any atom is -0.493 e. The zero-order valence-corrected chi connectivity index (χ0v) is 24.5. The standard InChI is InChI=1S/C28H33ClN8O3S/c1-16-6-5-10-28(16)11-14-36(15-12-28)27-33-22(30)25(34-35-27)41-18-8-4-7-17(21(18)29)31-23(38)20-24(39)32-19-9-2-3-13-37(19)26(20)40/h4,7-8,16,39H,2-3,5-6,9-15H2,1H3,(H,31,38)(H2,30,33,35)/t16-/m1/s1. The zero-order valence-electron chi connectivity index (χ0n) is 22.9. The summed E-state index contributed by atoms with van der Waals surface area (Å²) < 4.78 is 1.45. The molecule has 1 atom stereocenters. The zero-order chi connectivity index (χ0) is 28.7. The number of piperidine rings is 1. The van der Waals surface area contributed by atoms with Gasteiger partial charge in [-0.15, -0.1) is 10.2 Å². The summed E-state index contributed by atoms with van der Waals surface area (Å²) in [5, 5.41) is 22.4. The Kier molecular flexibility index (Phi) is 7.54. The van der Waals surface area contributed by atoms with Crippen molar-refractivity contribution in [1.29, 1.82) is 0 Å². The minimum absolute atomic E-state index is 0.230.